The van der Waals surface area contributed by atoms with E-state index in [1.807, 2.05) is 0 Å². The number of benzene rings is 1. The van der Waals surface area contributed by atoms with Crippen molar-refractivity contribution in [1.29, 1.82) is 0 Å². The number of sulfonamides is 1. The third-order valence-corrected chi connectivity index (χ3v) is 3.96. The number of hydrogen-bond donors (Lipinski definition) is 1. The SMILES string of the molecule is O=[N+]([O-])c1cccc(S(=O)(=O)Nc2cnc(Br)cn2)c1. The van der Waals surface area contributed by atoms with E-state index in [0.29, 0.717) is 4.60 Å². The molecule has 1 aromatic carbocycles. The van der Waals surface area contributed by atoms with Gasteiger partial charge in [-0.2, -0.15) is 0 Å². The van der Waals surface area contributed by atoms with Crippen molar-refractivity contribution in [1.82, 2.24) is 9.97 Å². The molecule has 0 saturated heterocycles. The molecule has 2 aromatic rings. The highest BCUT2D eigenvalue weighted by Crippen LogP contribution is 2.19. The lowest BCUT2D eigenvalue weighted by molar-refractivity contribution is -0.385. The second-order valence-electron chi connectivity index (χ2n) is 3.58. The molecule has 0 aliphatic carbocycles. The van der Waals surface area contributed by atoms with E-state index in [4.69, 9.17) is 0 Å². The fraction of sp³-hybridized carbons (Fsp3) is 0. The summed E-state index contributed by atoms with van der Waals surface area (Å²) in [6, 6.07) is 4.72. The van der Waals surface area contributed by atoms with Gasteiger partial charge >= 0.3 is 0 Å². The molecular weight excluding hydrogens is 352 g/mol. The molecule has 0 atom stereocenters. The van der Waals surface area contributed by atoms with Crippen molar-refractivity contribution in [3.8, 4) is 0 Å². The van der Waals surface area contributed by atoms with E-state index >= 15 is 0 Å². The minimum absolute atomic E-state index is 0.0136. The molecule has 0 amide bonds. The first-order valence-corrected chi connectivity index (χ1v) is 7.41. The Labute approximate surface area is 122 Å². The average molecular weight is 359 g/mol. The number of rotatable bonds is 4. The first-order valence-electron chi connectivity index (χ1n) is 5.13. The standard InChI is InChI=1S/C10H7BrN4O4S/c11-9-5-13-10(6-12-9)14-20(18,19)8-3-1-2-7(4-8)15(16)17/h1-6H,(H,13,14). The predicted octanol–water partition coefficient (Wildman–Crippen LogP) is 1.95. The molecule has 0 spiro atoms. The van der Waals surface area contributed by atoms with E-state index in [-0.39, 0.29) is 16.4 Å². The Morgan fingerprint density at radius 2 is 2.00 bits per heavy atom. The number of anilines is 1. The highest BCUT2D eigenvalue weighted by molar-refractivity contribution is 9.10. The minimum Gasteiger partial charge on any atom is -0.262 e. The molecule has 0 unspecified atom stereocenters. The zero-order valence-corrected chi connectivity index (χ0v) is 12.1. The molecule has 1 N–H and O–H groups in total. The average Bonchev–Trinajstić information content (AvgIpc) is 2.41. The van der Waals surface area contributed by atoms with Crippen molar-refractivity contribution in [3.05, 3.63) is 51.4 Å². The van der Waals surface area contributed by atoms with Gasteiger partial charge in [0.1, 0.15) is 4.60 Å². The van der Waals surface area contributed by atoms with Crippen LogP contribution in [0.3, 0.4) is 0 Å². The lowest BCUT2D eigenvalue weighted by Gasteiger charge is -2.06. The van der Waals surface area contributed by atoms with Gasteiger partial charge in [-0.3, -0.25) is 14.8 Å². The van der Waals surface area contributed by atoms with Crippen LogP contribution in [0.1, 0.15) is 0 Å². The quantitative estimate of drug-likeness (QED) is 0.659. The summed E-state index contributed by atoms with van der Waals surface area (Å²) < 4.78 is 26.7. The number of nitrogens with zero attached hydrogens (tertiary/aromatic N) is 3. The number of halogens is 1. The van der Waals surface area contributed by atoms with E-state index in [1.165, 1.54) is 30.6 Å². The Bertz CT molecular complexity index is 748. The van der Waals surface area contributed by atoms with Crippen LogP contribution in [0, 0.1) is 10.1 Å². The molecule has 2 rings (SSSR count). The monoisotopic (exact) mass is 358 g/mol. The Morgan fingerprint density at radius 3 is 2.60 bits per heavy atom. The maximum absolute atomic E-state index is 12.0. The third-order valence-electron chi connectivity index (χ3n) is 2.20. The van der Waals surface area contributed by atoms with Gasteiger partial charge in [-0.25, -0.2) is 18.4 Å². The minimum atomic E-state index is -3.95. The molecule has 1 heterocycles. The smallest absolute Gasteiger partial charge is 0.262 e. The van der Waals surface area contributed by atoms with Crippen LogP contribution in [-0.4, -0.2) is 23.3 Å². The summed E-state index contributed by atoms with van der Waals surface area (Å²) in [5.41, 5.74) is -0.310. The van der Waals surface area contributed by atoms with Crippen molar-refractivity contribution in [2.24, 2.45) is 0 Å². The van der Waals surface area contributed by atoms with Crippen molar-refractivity contribution in [3.63, 3.8) is 0 Å². The van der Waals surface area contributed by atoms with Gasteiger partial charge in [-0.05, 0) is 22.0 Å². The normalized spacial score (nSPS) is 11.1. The molecule has 8 nitrogen and oxygen atoms in total. The Morgan fingerprint density at radius 1 is 1.25 bits per heavy atom. The third kappa shape index (κ3) is 3.27. The highest BCUT2D eigenvalue weighted by atomic mass is 79.9. The number of hydrogen-bond acceptors (Lipinski definition) is 6. The molecule has 0 aliphatic heterocycles. The zero-order valence-electron chi connectivity index (χ0n) is 9.72. The summed E-state index contributed by atoms with van der Waals surface area (Å²) >= 11 is 3.07. The van der Waals surface area contributed by atoms with E-state index in [9.17, 15) is 18.5 Å². The first-order chi connectivity index (χ1) is 9.38. The number of nitrogens with one attached hydrogen (secondary N) is 1. The van der Waals surface area contributed by atoms with E-state index in [2.05, 4.69) is 30.6 Å². The molecule has 20 heavy (non-hydrogen) atoms. The van der Waals surface area contributed by atoms with Crippen molar-refractivity contribution < 1.29 is 13.3 Å². The van der Waals surface area contributed by atoms with Gasteiger partial charge < -0.3 is 0 Å². The second kappa shape index (κ2) is 5.51. The topological polar surface area (TPSA) is 115 Å². The van der Waals surface area contributed by atoms with Crippen LogP contribution in [0.2, 0.25) is 0 Å². The van der Waals surface area contributed by atoms with E-state index < -0.39 is 14.9 Å². The van der Waals surface area contributed by atoms with E-state index in [1.54, 1.807) is 0 Å². The van der Waals surface area contributed by atoms with Crippen molar-refractivity contribution >= 4 is 37.5 Å². The van der Waals surface area contributed by atoms with Crippen LogP contribution in [0.15, 0.2) is 46.2 Å². The van der Waals surface area contributed by atoms with Gasteiger partial charge in [0.25, 0.3) is 15.7 Å². The molecule has 0 radical (unpaired) electrons. The molecule has 0 aliphatic rings. The second-order valence-corrected chi connectivity index (χ2v) is 6.08. The Balaban J connectivity index is 2.33. The maximum atomic E-state index is 12.0. The largest absolute Gasteiger partial charge is 0.270 e. The van der Waals surface area contributed by atoms with Crippen LogP contribution in [0.25, 0.3) is 0 Å². The molecule has 0 bridgehead atoms. The first kappa shape index (κ1) is 14.3. The van der Waals surface area contributed by atoms with Gasteiger partial charge in [0.2, 0.25) is 0 Å². The zero-order chi connectivity index (χ0) is 14.8. The van der Waals surface area contributed by atoms with Gasteiger partial charge in [-0.1, -0.05) is 6.07 Å². The summed E-state index contributed by atoms with van der Waals surface area (Å²) in [6.45, 7) is 0. The summed E-state index contributed by atoms with van der Waals surface area (Å²) in [4.78, 5) is 17.4. The summed E-state index contributed by atoms with van der Waals surface area (Å²) in [7, 11) is -3.95. The molecule has 1 aromatic heterocycles. The highest BCUT2D eigenvalue weighted by Gasteiger charge is 2.18. The van der Waals surface area contributed by atoms with Crippen LogP contribution in [0.4, 0.5) is 11.5 Å². The van der Waals surface area contributed by atoms with E-state index in [0.717, 1.165) is 6.07 Å². The molecule has 10 heteroatoms. The summed E-state index contributed by atoms with van der Waals surface area (Å²) in [5.74, 6) is 0.0136. The number of nitro groups is 1. The fourth-order valence-corrected chi connectivity index (χ4v) is 2.56. The van der Waals surface area contributed by atoms with Gasteiger partial charge in [-0.15, -0.1) is 0 Å². The lowest BCUT2D eigenvalue weighted by Crippen LogP contribution is -2.14. The Hall–Kier alpha value is -2.07. The summed E-state index contributed by atoms with van der Waals surface area (Å²) in [6.07, 6.45) is 2.55. The number of aromatic nitrogens is 2. The number of nitro benzene ring substituents is 1. The van der Waals surface area contributed by atoms with Crippen LogP contribution < -0.4 is 4.72 Å². The van der Waals surface area contributed by atoms with Crippen LogP contribution in [0.5, 0.6) is 0 Å². The van der Waals surface area contributed by atoms with Gasteiger partial charge in [0, 0.05) is 12.1 Å². The van der Waals surface area contributed by atoms with Crippen LogP contribution >= 0.6 is 15.9 Å². The molecule has 104 valence electrons. The maximum Gasteiger partial charge on any atom is 0.270 e. The molecule has 0 saturated carbocycles. The molecular formula is C10H7BrN4O4S. The van der Waals surface area contributed by atoms with Crippen molar-refractivity contribution in [2.45, 2.75) is 4.90 Å². The Kier molecular flexibility index (Phi) is 3.95. The van der Waals surface area contributed by atoms with Gasteiger partial charge in [0.05, 0.1) is 22.2 Å². The van der Waals surface area contributed by atoms with Crippen LogP contribution in [-0.2, 0) is 10.0 Å². The lowest BCUT2D eigenvalue weighted by atomic mass is 10.3. The molecule has 0 fully saturated rings. The van der Waals surface area contributed by atoms with Gasteiger partial charge in [0.15, 0.2) is 5.82 Å². The van der Waals surface area contributed by atoms with Crippen molar-refractivity contribution in [2.75, 3.05) is 4.72 Å². The number of non-ortho nitro benzene ring substituents is 1. The fourth-order valence-electron chi connectivity index (χ4n) is 1.33. The summed E-state index contributed by atoms with van der Waals surface area (Å²) in [5, 5.41) is 10.6. The predicted molar refractivity (Wildman–Crippen MR) is 73.6 cm³/mol.